The number of anilines is 3. The molecule has 1 aliphatic carbocycles. The number of rotatable bonds is 6. The Bertz CT molecular complexity index is 918. The van der Waals surface area contributed by atoms with Gasteiger partial charge in [-0.05, 0) is 44.2 Å². The molecule has 2 aromatic heterocycles. The summed E-state index contributed by atoms with van der Waals surface area (Å²) in [6.45, 7) is 7.27. The summed E-state index contributed by atoms with van der Waals surface area (Å²) >= 11 is 0. The van der Waals surface area contributed by atoms with Crippen molar-refractivity contribution in [3.05, 3.63) is 35.0 Å². The van der Waals surface area contributed by atoms with Crippen molar-refractivity contribution >= 4 is 23.5 Å². The van der Waals surface area contributed by atoms with E-state index in [1.165, 1.54) is 5.57 Å². The molecule has 1 saturated carbocycles. The van der Waals surface area contributed by atoms with Gasteiger partial charge < -0.3 is 15.0 Å². The van der Waals surface area contributed by atoms with Crippen molar-refractivity contribution in [2.75, 3.05) is 36.5 Å². The van der Waals surface area contributed by atoms with Crippen LogP contribution in [-0.4, -0.2) is 41.5 Å². The van der Waals surface area contributed by atoms with Gasteiger partial charge in [0.25, 0.3) is 0 Å². The second-order valence-corrected chi connectivity index (χ2v) is 7.88. The lowest BCUT2D eigenvalue weighted by Gasteiger charge is -2.38. The van der Waals surface area contributed by atoms with E-state index in [0.717, 1.165) is 67.4 Å². The fourth-order valence-corrected chi connectivity index (χ4v) is 3.91. The van der Waals surface area contributed by atoms with Gasteiger partial charge in [0.1, 0.15) is 17.5 Å². The van der Waals surface area contributed by atoms with Crippen LogP contribution in [0.4, 0.5) is 17.5 Å². The average Bonchev–Trinajstić information content (AvgIpc) is 3.23. The van der Waals surface area contributed by atoms with Crippen molar-refractivity contribution in [3.8, 4) is 6.07 Å². The summed E-state index contributed by atoms with van der Waals surface area (Å²) in [4.78, 5) is 7.23. The average molecular weight is 393 g/mol. The van der Waals surface area contributed by atoms with Crippen LogP contribution in [0.5, 0.6) is 0 Å². The van der Waals surface area contributed by atoms with E-state index in [9.17, 15) is 5.26 Å². The summed E-state index contributed by atoms with van der Waals surface area (Å²) in [5.74, 6) is 2.45. The molecule has 2 fully saturated rings. The van der Waals surface area contributed by atoms with Crippen LogP contribution < -0.4 is 10.2 Å². The van der Waals surface area contributed by atoms with E-state index in [-0.39, 0.29) is 0 Å². The highest BCUT2D eigenvalue weighted by Gasteiger charge is 2.41. The maximum Gasteiger partial charge on any atom is 0.141 e. The number of allylic oxidation sites excluding steroid dienone is 1. The SMILES string of the molecule is CCC(C)=Cc1c(C2(C#N)CCC2)cc(N2CCOCC2)nc1Nc1ccn[nH]1. The molecule has 7 heteroatoms. The number of morpholine rings is 1. The predicted molar refractivity (Wildman–Crippen MR) is 114 cm³/mol. The molecule has 0 atom stereocenters. The molecule has 1 aliphatic heterocycles. The molecule has 2 aliphatic rings. The Hall–Kier alpha value is -2.85. The topological polar surface area (TPSA) is 89.9 Å². The quantitative estimate of drug-likeness (QED) is 0.768. The zero-order valence-electron chi connectivity index (χ0n) is 17.2. The summed E-state index contributed by atoms with van der Waals surface area (Å²) in [5, 5.41) is 20.5. The van der Waals surface area contributed by atoms with Gasteiger partial charge in [-0.15, -0.1) is 0 Å². The number of nitriles is 1. The third-order valence-electron chi connectivity index (χ3n) is 6.02. The second-order valence-electron chi connectivity index (χ2n) is 7.88. The molecule has 2 aromatic rings. The Morgan fingerprint density at radius 2 is 2.21 bits per heavy atom. The van der Waals surface area contributed by atoms with E-state index in [4.69, 9.17) is 9.72 Å². The van der Waals surface area contributed by atoms with E-state index >= 15 is 0 Å². The Morgan fingerprint density at radius 3 is 2.79 bits per heavy atom. The second kappa shape index (κ2) is 8.26. The largest absolute Gasteiger partial charge is 0.378 e. The van der Waals surface area contributed by atoms with Gasteiger partial charge >= 0.3 is 0 Å². The molecular formula is C22H28N6O. The number of H-pyrrole nitrogens is 1. The number of hydrogen-bond donors (Lipinski definition) is 2. The molecule has 0 bridgehead atoms. The maximum atomic E-state index is 10.1. The highest BCUT2D eigenvalue weighted by molar-refractivity contribution is 5.75. The van der Waals surface area contributed by atoms with Crippen LogP contribution in [0.25, 0.3) is 6.08 Å². The molecule has 0 aromatic carbocycles. The van der Waals surface area contributed by atoms with Crippen molar-refractivity contribution < 1.29 is 4.74 Å². The number of ether oxygens (including phenoxy) is 1. The van der Waals surface area contributed by atoms with Gasteiger partial charge in [0.2, 0.25) is 0 Å². The van der Waals surface area contributed by atoms with Crippen LogP contribution in [-0.2, 0) is 10.2 Å². The van der Waals surface area contributed by atoms with Crippen molar-refractivity contribution in [1.82, 2.24) is 15.2 Å². The van der Waals surface area contributed by atoms with Crippen molar-refractivity contribution in [3.63, 3.8) is 0 Å². The van der Waals surface area contributed by atoms with Crippen LogP contribution in [0, 0.1) is 11.3 Å². The highest BCUT2D eigenvalue weighted by atomic mass is 16.5. The Morgan fingerprint density at radius 1 is 1.41 bits per heavy atom. The first-order valence-electron chi connectivity index (χ1n) is 10.4. The number of aromatic amines is 1. The van der Waals surface area contributed by atoms with E-state index in [1.54, 1.807) is 6.20 Å². The number of nitrogens with zero attached hydrogens (tertiary/aromatic N) is 4. The molecular weight excluding hydrogens is 364 g/mol. The summed E-state index contributed by atoms with van der Waals surface area (Å²) < 4.78 is 5.52. The minimum atomic E-state index is -0.436. The molecule has 4 rings (SSSR count). The van der Waals surface area contributed by atoms with E-state index in [0.29, 0.717) is 13.2 Å². The Kier molecular flexibility index (Phi) is 5.54. The molecule has 7 nitrogen and oxygen atoms in total. The van der Waals surface area contributed by atoms with Gasteiger partial charge in [-0.1, -0.05) is 18.6 Å². The van der Waals surface area contributed by atoms with Crippen LogP contribution in [0.2, 0.25) is 0 Å². The maximum absolute atomic E-state index is 10.1. The zero-order chi connectivity index (χ0) is 20.3. The molecule has 0 unspecified atom stereocenters. The number of hydrogen-bond acceptors (Lipinski definition) is 6. The summed E-state index contributed by atoms with van der Waals surface area (Å²) in [5.41, 5.74) is 2.91. The summed E-state index contributed by atoms with van der Waals surface area (Å²) in [6.07, 6.45) is 7.72. The molecule has 1 saturated heterocycles. The molecule has 29 heavy (non-hydrogen) atoms. The van der Waals surface area contributed by atoms with Crippen LogP contribution in [0.3, 0.4) is 0 Å². The molecule has 3 heterocycles. The predicted octanol–water partition coefficient (Wildman–Crippen LogP) is 4.14. The zero-order valence-corrected chi connectivity index (χ0v) is 17.2. The van der Waals surface area contributed by atoms with E-state index in [1.807, 2.05) is 6.07 Å². The van der Waals surface area contributed by atoms with Gasteiger partial charge in [-0.3, -0.25) is 5.10 Å². The van der Waals surface area contributed by atoms with Gasteiger partial charge in [-0.25, -0.2) is 4.98 Å². The number of pyridine rings is 1. The fourth-order valence-electron chi connectivity index (χ4n) is 3.91. The minimum absolute atomic E-state index is 0.436. The van der Waals surface area contributed by atoms with Gasteiger partial charge in [0, 0.05) is 24.7 Å². The fraction of sp³-hybridized carbons (Fsp3) is 0.500. The van der Waals surface area contributed by atoms with Crippen LogP contribution >= 0.6 is 0 Å². The normalized spacial score (nSPS) is 18.8. The molecule has 0 amide bonds. The van der Waals surface area contributed by atoms with E-state index in [2.05, 4.69) is 52.5 Å². The lowest BCUT2D eigenvalue weighted by molar-refractivity contribution is 0.122. The lowest BCUT2D eigenvalue weighted by atomic mass is 9.64. The Labute approximate surface area is 171 Å². The Balaban J connectivity index is 1.88. The van der Waals surface area contributed by atoms with E-state index < -0.39 is 5.41 Å². The third-order valence-corrected chi connectivity index (χ3v) is 6.02. The molecule has 2 N–H and O–H groups in total. The van der Waals surface area contributed by atoms with Crippen molar-refractivity contribution in [2.45, 2.75) is 44.9 Å². The molecule has 152 valence electrons. The van der Waals surface area contributed by atoms with Crippen molar-refractivity contribution in [1.29, 1.82) is 5.26 Å². The standard InChI is InChI=1S/C22H28N6O/c1-3-16(2)13-17-18(22(15-23)6-4-7-22)14-20(28-9-11-29-12-10-28)26-21(17)25-19-5-8-24-27-19/h5,8,13-14H,3-4,6-7,9-12H2,1-2H3,(H2,24,25,26,27). The number of aromatic nitrogens is 3. The first-order chi connectivity index (χ1) is 14.1. The number of nitrogens with one attached hydrogen (secondary N) is 2. The summed E-state index contributed by atoms with van der Waals surface area (Å²) in [6, 6.07) is 6.65. The molecule has 0 radical (unpaired) electrons. The minimum Gasteiger partial charge on any atom is -0.378 e. The first-order valence-corrected chi connectivity index (χ1v) is 10.4. The van der Waals surface area contributed by atoms with Gasteiger partial charge in [-0.2, -0.15) is 10.4 Å². The van der Waals surface area contributed by atoms with Crippen molar-refractivity contribution in [2.24, 2.45) is 0 Å². The summed E-state index contributed by atoms with van der Waals surface area (Å²) in [7, 11) is 0. The third kappa shape index (κ3) is 3.85. The first kappa shape index (κ1) is 19.5. The highest BCUT2D eigenvalue weighted by Crippen LogP contribution is 2.47. The van der Waals surface area contributed by atoms with Crippen LogP contribution in [0.1, 0.15) is 50.7 Å². The molecule has 0 spiro atoms. The monoisotopic (exact) mass is 392 g/mol. The smallest absolute Gasteiger partial charge is 0.141 e. The van der Waals surface area contributed by atoms with Crippen LogP contribution in [0.15, 0.2) is 23.9 Å². The van der Waals surface area contributed by atoms with Gasteiger partial charge in [0.15, 0.2) is 0 Å². The lowest BCUT2D eigenvalue weighted by Crippen LogP contribution is -2.38. The van der Waals surface area contributed by atoms with Gasteiger partial charge in [0.05, 0.1) is 30.9 Å².